The zero-order chi connectivity index (χ0) is 96.1. The lowest BCUT2D eigenvalue weighted by Crippen LogP contribution is -2.04. The van der Waals surface area contributed by atoms with Crippen LogP contribution in [0.15, 0.2) is 127 Å². The molecule has 0 amide bonds. The molecule has 0 aliphatic rings. The summed E-state index contributed by atoms with van der Waals surface area (Å²) in [5, 5.41) is 74.6. The fourth-order valence-electron chi connectivity index (χ4n) is 18.5. The fraction of sp³-hybridized carbons (Fsp3) is 0.452. The number of pyridine rings is 3. The summed E-state index contributed by atoms with van der Waals surface area (Å²) < 4.78 is 0. The molecule has 9 heteroatoms. The van der Waals surface area contributed by atoms with Gasteiger partial charge in [-0.1, -0.05) is 289 Å². The summed E-state index contributed by atoms with van der Waals surface area (Å²) in [7, 11) is 0. The van der Waals surface area contributed by atoms with Crippen molar-refractivity contribution in [2.45, 2.75) is 372 Å². The Morgan fingerprint density at radius 3 is 0.578 bits per heavy atom. The number of phenolic OH excluding ortho intramolecular Hbond substituents is 6. The van der Waals surface area contributed by atoms with Crippen molar-refractivity contribution in [3.05, 3.63) is 262 Å². The third-order valence-corrected chi connectivity index (χ3v) is 26.2. The number of aromatic nitrogens is 3. The molecule has 0 unspecified atom stereocenters. The maximum Gasteiger partial charge on any atom is 0.139 e. The number of benzene rings is 7. The highest BCUT2D eigenvalue weighted by molar-refractivity contribution is 5.96. The van der Waals surface area contributed by atoms with Gasteiger partial charge < -0.3 is 30.6 Å². The van der Waals surface area contributed by atoms with E-state index in [4.69, 9.17) is 15.0 Å². The van der Waals surface area contributed by atoms with Crippen molar-refractivity contribution >= 4 is 0 Å². The van der Waals surface area contributed by atoms with E-state index in [9.17, 15) is 30.6 Å². The molecule has 0 fully saturated rings. The van der Waals surface area contributed by atoms with Crippen molar-refractivity contribution in [3.63, 3.8) is 0 Å². The molecule has 10 rings (SSSR count). The van der Waals surface area contributed by atoms with E-state index in [1.54, 1.807) is 18.2 Å². The zero-order valence-electron chi connectivity index (χ0n) is 84.0. The van der Waals surface area contributed by atoms with Crippen LogP contribution in [0.3, 0.4) is 0 Å². The minimum Gasteiger partial charge on any atom is -0.507 e. The van der Waals surface area contributed by atoms with Gasteiger partial charge in [-0.15, -0.1) is 0 Å². The average Bonchev–Trinajstić information content (AvgIpc) is 0.728. The third-order valence-electron chi connectivity index (χ3n) is 26.2. The van der Waals surface area contributed by atoms with Crippen molar-refractivity contribution in [3.8, 4) is 139 Å². The number of nitrogens with zero attached hydrogens (tertiary/aromatic N) is 3. The molecule has 0 saturated carbocycles. The first-order chi connectivity index (χ1) is 65.8. The predicted octanol–water partition coefficient (Wildman–Crippen LogP) is 31.5. The van der Waals surface area contributed by atoms with Crippen LogP contribution in [0.2, 0.25) is 0 Å². The Hall–Kier alpha value is -11.9. The van der Waals surface area contributed by atoms with E-state index in [-0.39, 0.29) is 34.5 Å². The molecule has 6 N–H and O–H groups in total. The number of hydrogen-bond donors (Lipinski definition) is 6. The number of unbranched alkanes of at least 4 members (excludes halogenated alkanes) is 27. The molecule has 0 radical (unpaired) electrons. The van der Waals surface area contributed by atoms with Crippen molar-refractivity contribution in [2.75, 3.05) is 0 Å². The number of aromatic hydroxyl groups is 6. The summed E-state index contributed by atoms with van der Waals surface area (Å²) in [6.45, 7) is 26.3. The number of aryl methyl sites for hydroxylation is 9. The Morgan fingerprint density at radius 2 is 0.356 bits per heavy atom. The van der Waals surface area contributed by atoms with Gasteiger partial charge in [-0.05, 0) is 365 Å². The summed E-state index contributed by atoms with van der Waals surface area (Å²) in [6, 6.07) is 42.1. The highest BCUT2D eigenvalue weighted by Crippen LogP contribution is 2.51. The first-order valence-electron chi connectivity index (χ1n) is 52.1. The topological polar surface area (TPSA) is 160 Å². The molecule has 3 heterocycles. The van der Waals surface area contributed by atoms with Gasteiger partial charge in [0.15, 0.2) is 0 Å². The molecular formula is C126H153N3O6. The lowest BCUT2D eigenvalue weighted by atomic mass is 9.78. The molecule has 10 aromatic rings. The second kappa shape index (κ2) is 57.1. The van der Waals surface area contributed by atoms with Gasteiger partial charge in [0, 0.05) is 16.7 Å². The summed E-state index contributed by atoms with van der Waals surface area (Å²) in [5.41, 5.74) is 22.2. The van der Waals surface area contributed by atoms with Crippen LogP contribution in [0.1, 0.15) is 428 Å². The van der Waals surface area contributed by atoms with E-state index in [1.165, 1.54) is 77.0 Å². The van der Waals surface area contributed by atoms with Crippen LogP contribution < -0.4 is 0 Å². The van der Waals surface area contributed by atoms with Crippen molar-refractivity contribution in [2.24, 2.45) is 0 Å². The molecule has 0 spiro atoms. The first kappa shape index (κ1) is 105. The van der Waals surface area contributed by atoms with E-state index in [0.717, 1.165) is 276 Å². The van der Waals surface area contributed by atoms with Gasteiger partial charge in [-0.25, -0.2) is 15.0 Å². The standard InChI is InChI=1S/C126H153N3O6/c1-13-22-31-34-37-46-55-100-82-109(67-61-103-76-94(49-40-25-16-4)58-73-118(103)130)127-112(85-100)70-64-106-79-97(52-43-28-19-7)88-115(124(106)133)121-91(10)122(116-89-98(53-44-29-20-8)80-107(125(116)134)65-71-113-86-101(56-47-38-35-32-23-14-2)83-110(128-113)68-62-104-77-95(50-41-26-17-5)59-74-119(104)131)93(12)123(92(121)11)117-90-99(54-45-30-21-9)81-108(126(117)135)66-72-114-87-102(57-48-39-36-33-24-15-3)84-111(129-114)69-63-105-78-96(51-42-27-18-6)60-75-120(105)132/h58-60,73-90,130-135H,13-57H2,1-12H3. The second-order valence-electron chi connectivity index (χ2n) is 37.7. The Labute approximate surface area is 813 Å². The summed E-state index contributed by atoms with van der Waals surface area (Å²) in [4.78, 5) is 15.4. The van der Waals surface area contributed by atoms with Crippen molar-refractivity contribution in [1.29, 1.82) is 0 Å². The molecule has 135 heavy (non-hydrogen) atoms. The Balaban J connectivity index is 1.23. The van der Waals surface area contributed by atoms with Gasteiger partial charge in [0.1, 0.15) is 68.7 Å². The maximum atomic E-state index is 13.7. The molecule has 0 aliphatic carbocycles. The minimum atomic E-state index is -0.00884. The normalized spacial score (nSPS) is 10.9. The van der Waals surface area contributed by atoms with Gasteiger partial charge in [0.25, 0.3) is 0 Å². The maximum absolute atomic E-state index is 13.7. The SMILES string of the molecule is CCCCCCCCc1cc(C#Cc2cc(CCCCC)ccc2O)nc(C#Cc2cc(CCCCC)cc(-c3c(C)c(-c4cc(CCCCC)cc(C#Cc5cc(CCCCCCCC)cc(C#Cc6cc(CCCCC)ccc6O)n5)c4O)c(C)c(-c4cc(CCCCC)cc(C#Cc5cc(CCCCCCCC)cc(C#Cc6cc(CCCCC)ccc6O)n5)c4O)c3C)c2O)c1. The van der Waals surface area contributed by atoms with Gasteiger partial charge in [0.2, 0.25) is 0 Å². The largest absolute Gasteiger partial charge is 0.507 e. The number of hydrogen-bond acceptors (Lipinski definition) is 9. The molecular weight excluding hydrogens is 1650 g/mol. The molecule has 0 atom stereocenters. The second-order valence-corrected chi connectivity index (χ2v) is 37.7. The van der Waals surface area contributed by atoms with Crippen LogP contribution in [0.5, 0.6) is 34.5 Å². The van der Waals surface area contributed by atoms with Crippen LogP contribution in [0.25, 0.3) is 33.4 Å². The van der Waals surface area contributed by atoms with E-state index in [1.807, 2.05) is 54.6 Å². The fourth-order valence-corrected chi connectivity index (χ4v) is 18.5. The minimum absolute atomic E-state index is 0.00884. The molecule has 9 nitrogen and oxygen atoms in total. The smallest absolute Gasteiger partial charge is 0.139 e. The van der Waals surface area contributed by atoms with E-state index >= 15 is 0 Å². The zero-order valence-corrected chi connectivity index (χ0v) is 84.0. The van der Waals surface area contributed by atoms with Gasteiger partial charge in [-0.3, -0.25) is 0 Å². The van der Waals surface area contributed by atoms with Crippen LogP contribution in [0, 0.1) is 91.8 Å². The molecule has 708 valence electrons. The Bertz CT molecular complexity index is 5390. The summed E-state index contributed by atoms with van der Waals surface area (Å²) in [5.74, 6) is 41.3. The average molecular weight is 1810 g/mol. The van der Waals surface area contributed by atoms with Crippen LogP contribution in [0.4, 0.5) is 0 Å². The molecule has 0 aliphatic heterocycles. The summed E-state index contributed by atoms with van der Waals surface area (Å²) in [6.07, 6.45) is 46.6. The predicted molar refractivity (Wildman–Crippen MR) is 565 cm³/mol. The quantitative estimate of drug-likeness (QED) is 0.0161. The molecule has 0 saturated heterocycles. The monoisotopic (exact) mass is 1800 g/mol. The van der Waals surface area contributed by atoms with E-state index in [2.05, 4.69) is 209 Å². The first-order valence-corrected chi connectivity index (χ1v) is 52.1. The van der Waals surface area contributed by atoms with Crippen LogP contribution >= 0.6 is 0 Å². The molecule has 0 bridgehead atoms. The summed E-state index contributed by atoms with van der Waals surface area (Å²) >= 11 is 0. The van der Waals surface area contributed by atoms with Gasteiger partial charge >= 0.3 is 0 Å². The van der Waals surface area contributed by atoms with Gasteiger partial charge in [-0.2, -0.15) is 0 Å². The Morgan fingerprint density at radius 1 is 0.185 bits per heavy atom. The lowest BCUT2D eigenvalue weighted by Gasteiger charge is -2.26. The van der Waals surface area contributed by atoms with Crippen molar-refractivity contribution in [1.82, 2.24) is 15.0 Å². The van der Waals surface area contributed by atoms with Crippen LogP contribution in [-0.4, -0.2) is 45.6 Å². The lowest BCUT2D eigenvalue weighted by molar-refractivity contribution is 0.473. The molecule has 3 aromatic heterocycles. The third kappa shape index (κ3) is 33.0. The van der Waals surface area contributed by atoms with Crippen LogP contribution in [-0.2, 0) is 57.8 Å². The number of rotatable bonds is 48. The number of phenols is 6. The Kier molecular flexibility index (Phi) is 44.5. The highest BCUT2D eigenvalue weighted by Gasteiger charge is 2.29. The van der Waals surface area contributed by atoms with E-state index < -0.39 is 0 Å². The highest BCUT2D eigenvalue weighted by atomic mass is 16.3. The van der Waals surface area contributed by atoms with Crippen molar-refractivity contribution < 1.29 is 30.6 Å². The molecule has 7 aromatic carbocycles. The van der Waals surface area contributed by atoms with Gasteiger partial charge in [0.05, 0.1) is 33.4 Å². The van der Waals surface area contributed by atoms with E-state index in [0.29, 0.717) is 103 Å².